The van der Waals surface area contributed by atoms with Crippen LogP contribution in [0, 0.1) is 5.82 Å². The third kappa shape index (κ3) is 1.87. The van der Waals surface area contributed by atoms with Crippen LogP contribution < -0.4 is 10.9 Å². The van der Waals surface area contributed by atoms with Crippen LogP contribution in [0.25, 0.3) is 11.4 Å². The maximum absolute atomic E-state index is 13.3. The quantitative estimate of drug-likeness (QED) is 0.846. The van der Waals surface area contributed by atoms with Crippen molar-refractivity contribution < 1.29 is 4.39 Å². The smallest absolute Gasteiger partial charge is 0.255 e. The number of hydrogen-bond donors (Lipinski definition) is 2. The molecule has 2 aromatic rings. The number of aromatic nitrogens is 2. The molecule has 0 fully saturated rings. The van der Waals surface area contributed by atoms with Crippen LogP contribution in [-0.4, -0.2) is 9.97 Å². The summed E-state index contributed by atoms with van der Waals surface area (Å²) in [6, 6.07) is 4.29. The van der Waals surface area contributed by atoms with Crippen LogP contribution in [0.15, 0.2) is 27.5 Å². The van der Waals surface area contributed by atoms with Crippen molar-refractivity contribution in [3.63, 3.8) is 0 Å². The Morgan fingerprint density at radius 2 is 2.17 bits per heavy atom. The molecular formula is C12H9BrFN3O. The van der Waals surface area contributed by atoms with Gasteiger partial charge in [0, 0.05) is 23.1 Å². The number of fused-ring (bicyclic) bond motifs is 1. The molecule has 6 heteroatoms. The molecule has 1 aliphatic rings. The maximum atomic E-state index is 13.3. The fourth-order valence-corrected chi connectivity index (χ4v) is 2.42. The topological polar surface area (TPSA) is 57.8 Å². The van der Waals surface area contributed by atoms with Gasteiger partial charge in [0.25, 0.3) is 5.56 Å². The molecule has 0 amide bonds. The molecule has 1 aliphatic heterocycles. The summed E-state index contributed by atoms with van der Waals surface area (Å²) in [5.74, 6) is 0.0169. The van der Waals surface area contributed by atoms with Crippen LogP contribution in [0.1, 0.15) is 11.3 Å². The van der Waals surface area contributed by atoms with Crippen LogP contribution in [0.4, 0.5) is 4.39 Å². The van der Waals surface area contributed by atoms with Gasteiger partial charge in [0.1, 0.15) is 11.6 Å². The van der Waals surface area contributed by atoms with Gasteiger partial charge in [0.05, 0.1) is 11.3 Å². The average Bonchev–Trinajstić information content (AvgIpc) is 2.81. The van der Waals surface area contributed by atoms with Crippen LogP contribution >= 0.6 is 15.9 Å². The average molecular weight is 310 g/mol. The number of rotatable bonds is 1. The first-order valence-electron chi connectivity index (χ1n) is 5.43. The zero-order chi connectivity index (χ0) is 12.7. The van der Waals surface area contributed by atoms with Crippen LogP contribution in [-0.2, 0) is 13.1 Å². The highest BCUT2D eigenvalue weighted by Crippen LogP contribution is 2.26. The predicted molar refractivity (Wildman–Crippen MR) is 68.5 cm³/mol. The number of benzene rings is 1. The molecule has 0 saturated heterocycles. The Balaban J connectivity index is 2.21. The third-order valence-electron chi connectivity index (χ3n) is 2.88. The van der Waals surface area contributed by atoms with E-state index in [-0.39, 0.29) is 11.4 Å². The molecule has 0 atom stereocenters. The molecule has 18 heavy (non-hydrogen) atoms. The van der Waals surface area contributed by atoms with Crippen molar-refractivity contribution in [1.29, 1.82) is 0 Å². The molecule has 0 bridgehead atoms. The summed E-state index contributed by atoms with van der Waals surface area (Å²) in [7, 11) is 0. The molecule has 2 N–H and O–H groups in total. The Hall–Kier alpha value is -1.53. The SMILES string of the molecule is O=c1[nH]c(-c2cc(F)ccc2Br)nc2c1CNC2. The number of nitrogens with one attached hydrogen (secondary N) is 2. The zero-order valence-corrected chi connectivity index (χ0v) is 10.8. The summed E-state index contributed by atoms with van der Waals surface area (Å²) in [6.45, 7) is 1.10. The van der Waals surface area contributed by atoms with E-state index >= 15 is 0 Å². The van der Waals surface area contributed by atoms with Crippen molar-refractivity contribution in [2.24, 2.45) is 0 Å². The number of aromatic amines is 1. The van der Waals surface area contributed by atoms with Gasteiger partial charge in [-0.3, -0.25) is 4.79 Å². The Bertz CT molecular complexity index is 684. The number of nitrogens with zero attached hydrogens (tertiary/aromatic N) is 1. The van der Waals surface area contributed by atoms with E-state index in [4.69, 9.17) is 0 Å². The fraction of sp³-hybridized carbons (Fsp3) is 0.167. The second-order valence-electron chi connectivity index (χ2n) is 4.07. The Labute approximate surface area is 110 Å². The lowest BCUT2D eigenvalue weighted by Gasteiger charge is -2.06. The molecule has 2 heterocycles. The van der Waals surface area contributed by atoms with Crippen molar-refractivity contribution in [3.05, 3.63) is 50.1 Å². The predicted octanol–water partition coefficient (Wildman–Crippen LogP) is 1.94. The van der Waals surface area contributed by atoms with Crippen molar-refractivity contribution in [2.45, 2.75) is 13.1 Å². The molecule has 0 radical (unpaired) electrons. The molecule has 92 valence electrons. The molecule has 1 aromatic carbocycles. The highest BCUT2D eigenvalue weighted by molar-refractivity contribution is 9.10. The standard InChI is InChI=1S/C12H9BrFN3O/c13-9-2-1-6(14)3-7(9)11-16-10-5-15-4-8(10)12(18)17-11/h1-3,15H,4-5H2,(H,16,17,18). The Morgan fingerprint density at radius 1 is 1.33 bits per heavy atom. The zero-order valence-electron chi connectivity index (χ0n) is 9.26. The first kappa shape index (κ1) is 11.6. The number of halogens is 2. The fourth-order valence-electron chi connectivity index (χ4n) is 1.99. The molecule has 0 saturated carbocycles. The van der Waals surface area contributed by atoms with E-state index in [1.54, 1.807) is 6.07 Å². The van der Waals surface area contributed by atoms with Gasteiger partial charge in [-0.15, -0.1) is 0 Å². The molecular weight excluding hydrogens is 301 g/mol. The summed E-state index contributed by atoms with van der Waals surface area (Å²) in [4.78, 5) is 18.9. The first-order chi connectivity index (χ1) is 8.65. The Morgan fingerprint density at radius 3 is 3.00 bits per heavy atom. The van der Waals surface area contributed by atoms with Crippen LogP contribution in [0.5, 0.6) is 0 Å². The van der Waals surface area contributed by atoms with Crippen LogP contribution in [0.2, 0.25) is 0 Å². The largest absolute Gasteiger partial charge is 0.307 e. The van der Waals surface area contributed by atoms with E-state index < -0.39 is 0 Å². The molecule has 4 nitrogen and oxygen atoms in total. The lowest BCUT2D eigenvalue weighted by atomic mass is 10.2. The van der Waals surface area contributed by atoms with Crippen molar-refractivity contribution >= 4 is 15.9 Å². The summed E-state index contributed by atoms with van der Waals surface area (Å²) < 4.78 is 13.9. The van der Waals surface area contributed by atoms with Gasteiger partial charge in [-0.25, -0.2) is 9.37 Å². The van der Waals surface area contributed by atoms with Crippen molar-refractivity contribution in [2.75, 3.05) is 0 Å². The summed E-state index contributed by atoms with van der Waals surface area (Å²) in [5, 5.41) is 3.06. The summed E-state index contributed by atoms with van der Waals surface area (Å²) in [6.07, 6.45) is 0. The van der Waals surface area contributed by atoms with Gasteiger partial charge in [-0.05, 0) is 18.2 Å². The van der Waals surface area contributed by atoms with Crippen LogP contribution in [0.3, 0.4) is 0 Å². The highest BCUT2D eigenvalue weighted by Gasteiger charge is 2.18. The number of hydrogen-bond acceptors (Lipinski definition) is 3. The molecule has 0 aliphatic carbocycles. The lowest BCUT2D eigenvalue weighted by Crippen LogP contribution is -2.15. The van der Waals surface area contributed by atoms with E-state index in [1.165, 1.54) is 12.1 Å². The minimum Gasteiger partial charge on any atom is -0.307 e. The number of H-pyrrole nitrogens is 1. The minimum absolute atomic E-state index is 0.170. The highest BCUT2D eigenvalue weighted by atomic mass is 79.9. The maximum Gasteiger partial charge on any atom is 0.255 e. The van der Waals surface area contributed by atoms with E-state index in [9.17, 15) is 9.18 Å². The molecule has 3 rings (SSSR count). The summed E-state index contributed by atoms with van der Waals surface area (Å²) >= 11 is 3.33. The van der Waals surface area contributed by atoms with Gasteiger partial charge in [0.15, 0.2) is 0 Å². The normalized spacial score (nSPS) is 13.7. The van der Waals surface area contributed by atoms with Gasteiger partial charge in [-0.2, -0.15) is 0 Å². The monoisotopic (exact) mass is 309 g/mol. The minimum atomic E-state index is -0.366. The molecule has 0 unspecified atom stereocenters. The van der Waals surface area contributed by atoms with Crippen molar-refractivity contribution in [1.82, 2.24) is 15.3 Å². The molecule has 0 spiro atoms. The second kappa shape index (κ2) is 4.29. The van der Waals surface area contributed by atoms with Gasteiger partial charge >= 0.3 is 0 Å². The van der Waals surface area contributed by atoms with Gasteiger partial charge in [-0.1, -0.05) is 15.9 Å². The van der Waals surface area contributed by atoms with Gasteiger partial charge in [0.2, 0.25) is 0 Å². The van der Waals surface area contributed by atoms with E-state index in [0.717, 1.165) is 5.69 Å². The van der Waals surface area contributed by atoms with Crippen molar-refractivity contribution in [3.8, 4) is 11.4 Å². The third-order valence-corrected chi connectivity index (χ3v) is 3.57. The molecule has 1 aromatic heterocycles. The summed E-state index contributed by atoms with van der Waals surface area (Å²) in [5.41, 5.74) is 1.76. The van der Waals surface area contributed by atoms with Gasteiger partial charge < -0.3 is 10.3 Å². The Kier molecular flexibility index (Phi) is 2.76. The lowest BCUT2D eigenvalue weighted by molar-refractivity contribution is 0.628. The first-order valence-corrected chi connectivity index (χ1v) is 6.22. The van der Waals surface area contributed by atoms with E-state index in [2.05, 4.69) is 31.2 Å². The second-order valence-corrected chi connectivity index (χ2v) is 4.92. The van der Waals surface area contributed by atoms with E-state index in [1.807, 2.05) is 0 Å². The van der Waals surface area contributed by atoms with E-state index in [0.29, 0.717) is 34.5 Å².